The fourth-order valence-corrected chi connectivity index (χ4v) is 11.4. The summed E-state index contributed by atoms with van der Waals surface area (Å²) in [5, 5.41) is 57.3. The van der Waals surface area contributed by atoms with Gasteiger partial charge in [-0.05, 0) is 103 Å². The summed E-state index contributed by atoms with van der Waals surface area (Å²) in [5.74, 6) is -1.20. The maximum Gasteiger partial charge on any atom is 0.306 e. The van der Waals surface area contributed by atoms with Crippen molar-refractivity contribution in [1.29, 1.82) is 0 Å². The Morgan fingerprint density at radius 2 is 0.800 bits per heavy atom. The minimum Gasteiger partial charge on any atom is -0.454 e. The lowest BCUT2D eigenvalue weighted by Crippen LogP contribution is -2.61. The molecule has 1 saturated heterocycles. The number of hydrogen-bond donors (Lipinski definition) is 6. The van der Waals surface area contributed by atoms with Gasteiger partial charge >= 0.3 is 5.97 Å². The van der Waals surface area contributed by atoms with Crippen molar-refractivity contribution in [2.24, 2.45) is 0 Å². The van der Waals surface area contributed by atoms with Gasteiger partial charge < -0.3 is 45.1 Å². The maximum atomic E-state index is 13.5. The van der Waals surface area contributed by atoms with E-state index >= 15 is 0 Å². The van der Waals surface area contributed by atoms with Crippen LogP contribution in [0.4, 0.5) is 0 Å². The van der Waals surface area contributed by atoms with Gasteiger partial charge in [-0.25, -0.2) is 0 Å². The summed E-state index contributed by atoms with van der Waals surface area (Å²) in [7, 11) is 0. The first-order valence-corrected chi connectivity index (χ1v) is 37.5. The molecule has 1 amide bonds. The average molecular weight is 1260 g/mol. The molecule has 1 rings (SSSR count). The molecule has 0 aromatic rings. The molecule has 6 N–H and O–H groups in total. The number of amides is 1. The van der Waals surface area contributed by atoms with E-state index in [4.69, 9.17) is 14.2 Å². The molecule has 0 bridgehead atoms. The molecule has 0 saturated carbocycles. The zero-order valence-corrected chi connectivity index (χ0v) is 58.0. The number of hydrogen-bond acceptors (Lipinski definition) is 10. The molecular formula is C79H139NO10. The third kappa shape index (κ3) is 52.0. The third-order valence-electron chi connectivity index (χ3n) is 17.2. The van der Waals surface area contributed by atoms with E-state index in [2.05, 4.69) is 111 Å². The largest absolute Gasteiger partial charge is 0.454 e. The van der Waals surface area contributed by atoms with Gasteiger partial charge in [0.15, 0.2) is 12.4 Å². The summed E-state index contributed by atoms with van der Waals surface area (Å²) in [6.07, 6.45) is 78.8. The van der Waals surface area contributed by atoms with Crippen molar-refractivity contribution >= 4 is 11.9 Å². The van der Waals surface area contributed by atoms with Gasteiger partial charge in [0.05, 0.1) is 25.4 Å². The van der Waals surface area contributed by atoms with Crippen molar-refractivity contribution in [3.63, 3.8) is 0 Å². The van der Waals surface area contributed by atoms with Crippen LogP contribution in [-0.4, -0.2) is 99.6 Å². The van der Waals surface area contributed by atoms with Crippen LogP contribution in [0.25, 0.3) is 0 Å². The summed E-state index contributed by atoms with van der Waals surface area (Å²) in [6.45, 7) is 5.70. The third-order valence-corrected chi connectivity index (χ3v) is 17.2. The Labute approximate surface area is 552 Å². The smallest absolute Gasteiger partial charge is 0.306 e. The van der Waals surface area contributed by atoms with Crippen molar-refractivity contribution < 1.29 is 49.3 Å². The summed E-state index contributed by atoms with van der Waals surface area (Å²) in [4.78, 5) is 26.7. The predicted molar refractivity (Wildman–Crippen MR) is 379 cm³/mol. The van der Waals surface area contributed by atoms with Gasteiger partial charge in [0, 0.05) is 6.42 Å². The number of aliphatic hydroxyl groups excluding tert-OH is 5. The SMILES string of the molecule is CC/C=C\C/C=C\C/C=C\C/C=C\C/C=C\C/C=C\CCCCCCCCC(=O)OC1C(OCC(NC(=O)C(O)CCCCCCCCCCCCCCCC/C=C/CCCCCCCC)C(O)/C=C/CCCCCCCCCCCC)OC(CO)C(O)C1O. The molecular weight excluding hydrogens is 1120 g/mol. The molecule has 0 aliphatic carbocycles. The highest BCUT2D eigenvalue weighted by atomic mass is 16.7. The van der Waals surface area contributed by atoms with Crippen molar-refractivity contribution in [2.75, 3.05) is 13.2 Å². The lowest BCUT2D eigenvalue weighted by molar-refractivity contribution is -0.305. The molecule has 0 spiro atoms. The van der Waals surface area contributed by atoms with Crippen LogP contribution in [0.3, 0.4) is 0 Å². The number of nitrogens with one attached hydrogen (secondary N) is 1. The van der Waals surface area contributed by atoms with E-state index in [9.17, 15) is 35.1 Å². The summed E-state index contributed by atoms with van der Waals surface area (Å²) >= 11 is 0. The van der Waals surface area contributed by atoms with Crippen molar-refractivity contribution in [3.8, 4) is 0 Å². The van der Waals surface area contributed by atoms with Crippen LogP contribution in [0.2, 0.25) is 0 Å². The second-order valence-corrected chi connectivity index (χ2v) is 25.6. The van der Waals surface area contributed by atoms with Crippen molar-refractivity contribution in [3.05, 3.63) is 97.2 Å². The molecule has 11 heteroatoms. The number of ether oxygens (including phenoxy) is 3. The molecule has 11 nitrogen and oxygen atoms in total. The molecule has 8 unspecified atom stereocenters. The maximum absolute atomic E-state index is 13.5. The molecule has 1 fully saturated rings. The Balaban J connectivity index is 2.56. The lowest BCUT2D eigenvalue weighted by atomic mass is 9.99. The topological polar surface area (TPSA) is 175 Å². The van der Waals surface area contributed by atoms with E-state index < -0.39 is 67.4 Å². The highest BCUT2D eigenvalue weighted by Gasteiger charge is 2.47. The minimum atomic E-state index is -1.63. The lowest BCUT2D eigenvalue weighted by Gasteiger charge is -2.41. The van der Waals surface area contributed by atoms with Gasteiger partial charge in [0.2, 0.25) is 5.91 Å². The first kappa shape index (κ1) is 84.6. The van der Waals surface area contributed by atoms with Gasteiger partial charge in [-0.2, -0.15) is 0 Å². The number of aliphatic hydroxyl groups is 5. The monoisotopic (exact) mass is 1260 g/mol. The molecule has 0 aromatic carbocycles. The van der Waals surface area contributed by atoms with E-state index in [0.717, 1.165) is 116 Å². The minimum absolute atomic E-state index is 0.103. The summed E-state index contributed by atoms with van der Waals surface area (Å²) in [5.41, 5.74) is 0. The van der Waals surface area contributed by atoms with E-state index in [1.165, 1.54) is 167 Å². The first-order valence-electron chi connectivity index (χ1n) is 37.5. The standard InChI is InChI=1S/C79H139NO10/c1-4-7-10-13-16-19-22-25-27-29-31-33-35-37-39-41-43-45-47-49-52-55-58-61-64-67-74(84)90-77-76(86)75(85)73(68-81)89-79(77)88-69-70(71(82)65-62-59-56-53-50-24-21-18-15-12-9-6-3)80-78(87)72(83)66-63-60-57-54-51-48-46-44-42-40-38-36-34-32-30-28-26-23-20-17-14-11-8-5-2/h7,10,16,19,25-28,31,33,37,39,43,45,62,65,70-73,75-77,79,81-83,85-86H,4-6,8-9,11-15,17-18,20-24,29-30,32,34-36,38,40-42,44,46-61,63-64,66-69H2,1-3H3,(H,80,87)/b10-7-,19-16-,27-25-,28-26+,33-31-,39-37-,45-43-,65-62+. The Morgan fingerprint density at radius 3 is 1.21 bits per heavy atom. The number of carbonyl (C=O) groups is 2. The van der Waals surface area contributed by atoms with E-state index in [1.807, 2.05) is 6.08 Å². The molecule has 0 aromatic heterocycles. The van der Waals surface area contributed by atoms with Gasteiger partial charge in [0.25, 0.3) is 0 Å². The zero-order chi connectivity index (χ0) is 65.3. The highest BCUT2D eigenvalue weighted by Crippen LogP contribution is 2.26. The number of carbonyl (C=O) groups excluding carboxylic acids is 2. The van der Waals surface area contributed by atoms with Gasteiger partial charge in [-0.3, -0.25) is 9.59 Å². The summed E-state index contributed by atoms with van der Waals surface area (Å²) < 4.78 is 17.7. The molecule has 0 radical (unpaired) electrons. The normalized spacial score (nSPS) is 18.6. The second kappa shape index (κ2) is 65.6. The highest BCUT2D eigenvalue weighted by molar-refractivity contribution is 5.80. The van der Waals surface area contributed by atoms with Gasteiger partial charge in [-0.15, -0.1) is 0 Å². The van der Waals surface area contributed by atoms with Gasteiger partial charge in [0.1, 0.15) is 24.4 Å². The van der Waals surface area contributed by atoms with Crippen LogP contribution in [-0.2, 0) is 23.8 Å². The second-order valence-electron chi connectivity index (χ2n) is 25.6. The molecule has 8 atom stereocenters. The van der Waals surface area contributed by atoms with Crippen LogP contribution in [0, 0.1) is 0 Å². The van der Waals surface area contributed by atoms with Crippen LogP contribution in [0.5, 0.6) is 0 Å². The summed E-state index contributed by atoms with van der Waals surface area (Å²) in [6, 6.07) is -1.03. The Morgan fingerprint density at radius 1 is 0.444 bits per heavy atom. The first-order chi connectivity index (χ1) is 44.2. The molecule has 90 heavy (non-hydrogen) atoms. The van der Waals surface area contributed by atoms with E-state index in [-0.39, 0.29) is 19.4 Å². The van der Waals surface area contributed by atoms with Crippen LogP contribution < -0.4 is 5.32 Å². The average Bonchev–Trinajstić information content (AvgIpc) is 1.18. The number of rotatable bonds is 64. The fourth-order valence-electron chi connectivity index (χ4n) is 11.4. The Hall–Kier alpha value is -3.42. The van der Waals surface area contributed by atoms with Crippen LogP contribution in [0.15, 0.2) is 97.2 Å². The van der Waals surface area contributed by atoms with Crippen molar-refractivity contribution in [1.82, 2.24) is 5.32 Å². The molecule has 1 aliphatic rings. The van der Waals surface area contributed by atoms with Crippen LogP contribution in [0.1, 0.15) is 329 Å². The number of allylic oxidation sites excluding steroid dienone is 15. The molecule has 1 heterocycles. The molecule has 520 valence electrons. The fraction of sp³-hybridized carbons (Fsp3) is 0.772. The van der Waals surface area contributed by atoms with E-state index in [1.54, 1.807) is 6.08 Å². The van der Waals surface area contributed by atoms with Crippen LogP contribution >= 0.6 is 0 Å². The van der Waals surface area contributed by atoms with E-state index in [0.29, 0.717) is 12.8 Å². The quantitative estimate of drug-likeness (QED) is 0.0195. The van der Waals surface area contributed by atoms with Crippen molar-refractivity contribution in [2.45, 2.75) is 378 Å². The predicted octanol–water partition coefficient (Wildman–Crippen LogP) is 19.8. The number of esters is 1. The Bertz CT molecular complexity index is 1840. The zero-order valence-electron chi connectivity index (χ0n) is 58.0. The van der Waals surface area contributed by atoms with Gasteiger partial charge in [-0.1, -0.05) is 317 Å². The number of unbranched alkanes of at least 4 members (excludes halogenated alkanes) is 36. The Kier molecular flexibility index (Phi) is 61.7. The molecule has 1 aliphatic heterocycles.